The largest absolute Gasteiger partial charge is 0.448 e. The van der Waals surface area contributed by atoms with Crippen LogP contribution < -0.4 is 5.32 Å². The molecule has 0 aromatic carbocycles. The van der Waals surface area contributed by atoms with Gasteiger partial charge in [-0.3, -0.25) is 10.1 Å². The van der Waals surface area contributed by atoms with Gasteiger partial charge in [0, 0.05) is 11.5 Å². The zero-order chi connectivity index (χ0) is 16.6. The third-order valence-electron chi connectivity index (χ3n) is 3.85. The minimum Gasteiger partial charge on any atom is -0.448 e. The van der Waals surface area contributed by atoms with Crippen LogP contribution in [-0.2, 0) is 12.6 Å². The molecule has 2 aromatic rings. The SMILES string of the molecule is CCc1c(C(F)(F)F)noc1NC(=O)c1coc(C2CCC2)n1. The van der Waals surface area contributed by atoms with Gasteiger partial charge in [0.25, 0.3) is 5.91 Å². The van der Waals surface area contributed by atoms with Crippen molar-refractivity contribution in [1.82, 2.24) is 10.1 Å². The number of alkyl halides is 3. The highest BCUT2D eigenvalue weighted by molar-refractivity contribution is 6.02. The highest BCUT2D eigenvalue weighted by Gasteiger charge is 2.39. The quantitative estimate of drug-likeness (QED) is 0.923. The van der Waals surface area contributed by atoms with Crippen LogP contribution >= 0.6 is 0 Å². The minimum absolute atomic E-state index is 0.00101. The number of aromatic nitrogens is 2. The lowest BCUT2D eigenvalue weighted by Crippen LogP contribution is -2.15. The Hall–Kier alpha value is -2.32. The van der Waals surface area contributed by atoms with E-state index in [1.165, 1.54) is 13.2 Å². The van der Waals surface area contributed by atoms with Crippen LogP contribution in [0.1, 0.15) is 59.7 Å². The first-order valence-electron chi connectivity index (χ1n) is 7.22. The van der Waals surface area contributed by atoms with Crippen molar-refractivity contribution >= 4 is 11.8 Å². The van der Waals surface area contributed by atoms with Gasteiger partial charge in [-0.2, -0.15) is 13.2 Å². The molecule has 6 nitrogen and oxygen atoms in total. The predicted octanol–water partition coefficient (Wildman–Crippen LogP) is 3.76. The van der Waals surface area contributed by atoms with Gasteiger partial charge in [-0.25, -0.2) is 4.98 Å². The van der Waals surface area contributed by atoms with E-state index in [1.54, 1.807) is 0 Å². The lowest BCUT2D eigenvalue weighted by molar-refractivity contribution is -0.143. The van der Waals surface area contributed by atoms with Gasteiger partial charge in [0.1, 0.15) is 6.26 Å². The fraction of sp³-hybridized carbons (Fsp3) is 0.500. The van der Waals surface area contributed by atoms with E-state index >= 15 is 0 Å². The van der Waals surface area contributed by atoms with Gasteiger partial charge in [-0.1, -0.05) is 18.5 Å². The molecule has 1 aliphatic rings. The topological polar surface area (TPSA) is 81.2 Å². The summed E-state index contributed by atoms with van der Waals surface area (Å²) in [5.74, 6) is -0.326. The van der Waals surface area contributed by atoms with Gasteiger partial charge in [0.2, 0.25) is 5.88 Å². The number of amides is 1. The van der Waals surface area contributed by atoms with E-state index < -0.39 is 17.8 Å². The average molecular weight is 329 g/mol. The molecule has 0 saturated heterocycles. The second kappa shape index (κ2) is 5.71. The Labute approximate surface area is 129 Å². The Balaban J connectivity index is 1.77. The molecule has 2 heterocycles. The van der Waals surface area contributed by atoms with Gasteiger partial charge < -0.3 is 8.94 Å². The Bertz CT molecular complexity index is 716. The molecule has 0 atom stereocenters. The molecule has 1 amide bonds. The number of halogens is 3. The molecule has 124 valence electrons. The van der Waals surface area contributed by atoms with Crippen molar-refractivity contribution in [3.05, 3.63) is 29.1 Å². The summed E-state index contributed by atoms with van der Waals surface area (Å²) in [4.78, 5) is 16.2. The van der Waals surface area contributed by atoms with E-state index in [-0.39, 0.29) is 29.5 Å². The predicted molar refractivity (Wildman–Crippen MR) is 71.9 cm³/mol. The molecule has 9 heteroatoms. The number of nitrogens with zero attached hydrogens (tertiary/aromatic N) is 2. The van der Waals surface area contributed by atoms with Crippen LogP contribution in [0, 0.1) is 0 Å². The van der Waals surface area contributed by atoms with E-state index in [0.717, 1.165) is 19.3 Å². The summed E-state index contributed by atoms with van der Waals surface area (Å²) in [6, 6.07) is 0. The fourth-order valence-electron chi connectivity index (χ4n) is 2.36. The summed E-state index contributed by atoms with van der Waals surface area (Å²) < 4.78 is 48.2. The first-order chi connectivity index (χ1) is 10.9. The van der Waals surface area contributed by atoms with Crippen molar-refractivity contribution < 1.29 is 26.9 Å². The highest BCUT2D eigenvalue weighted by Crippen LogP contribution is 2.36. The third kappa shape index (κ3) is 2.95. The number of carbonyl (C=O) groups excluding carboxylic acids is 1. The van der Waals surface area contributed by atoms with Gasteiger partial charge >= 0.3 is 6.18 Å². The van der Waals surface area contributed by atoms with Crippen molar-refractivity contribution in [3.8, 4) is 0 Å². The number of hydrogen-bond acceptors (Lipinski definition) is 5. The summed E-state index contributed by atoms with van der Waals surface area (Å²) in [5.41, 5.74) is -1.34. The molecule has 2 aromatic heterocycles. The lowest BCUT2D eigenvalue weighted by Gasteiger charge is -2.21. The Morgan fingerprint density at radius 1 is 1.43 bits per heavy atom. The second-order valence-electron chi connectivity index (χ2n) is 5.34. The smallest absolute Gasteiger partial charge is 0.437 e. The monoisotopic (exact) mass is 329 g/mol. The first kappa shape index (κ1) is 15.6. The second-order valence-corrected chi connectivity index (χ2v) is 5.34. The third-order valence-corrected chi connectivity index (χ3v) is 3.85. The maximum Gasteiger partial charge on any atom is 0.437 e. The van der Waals surface area contributed by atoms with Crippen LogP contribution in [0.4, 0.5) is 19.1 Å². The van der Waals surface area contributed by atoms with Crippen molar-refractivity contribution in [1.29, 1.82) is 0 Å². The molecule has 0 bridgehead atoms. The van der Waals surface area contributed by atoms with Gasteiger partial charge in [-0.05, 0) is 19.3 Å². The number of carbonyl (C=O) groups is 1. The number of nitrogens with one attached hydrogen (secondary N) is 1. The normalized spacial score (nSPS) is 15.5. The van der Waals surface area contributed by atoms with E-state index in [1.807, 2.05) is 0 Å². The number of anilines is 1. The Kier molecular flexibility index (Phi) is 3.87. The maximum absolute atomic E-state index is 12.8. The van der Waals surface area contributed by atoms with Crippen molar-refractivity contribution in [2.24, 2.45) is 0 Å². The summed E-state index contributed by atoms with van der Waals surface area (Å²) >= 11 is 0. The summed E-state index contributed by atoms with van der Waals surface area (Å²) in [7, 11) is 0. The highest BCUT2D eigenvalue weighted by atomic mass is 19.4. The van der Waals surface area contributed by atoms with Crippen molar-refractivity contribution in [2.45, 2.75) is 44.7 Å². The van der Waals surface area contributed by atoms with Gasteiger partial charge in [0.05, 0.1) is 0 Å². The first-order valence-corrected chi connectivity index (χ1v) is 7.22. The standard InChI is InChI=1S/C14H14F3N3O3/c1-2-8-10(14(15,16)17)20-23-13(8)19-11(21)9-6-22-12(18-9)7-4-3-5-7/h6-7H,2-5H2,1H3,(H,19,21). The van der Waals surface area contributed by atoms with Crippen LogP contribution in [0.25, 0.3) is 0 Å². The molecule has 3 rings (SSSR count). The Morgan fingerprint density at radius 3 is 2.74 bits per heavy atom. The molecular formula is C14H14F3N3O3. The molecule has 1 fully saturated rings. The number of hydrogen-bond donors (Lipinski definition) is 1. The average Bonchev–Trinajstić information content (AvgIpc) is 3.02. The fourth-order valence-corrected chi connectivity index (χ4v) is 2.36. The molecule has 0 radical (unpaired) electrons. The van der Waals surface area contributed by atoms with Gasteiger partial charge in [-0.15, -0.1) is 0 Å². The van der Waals surface area contributed by atoms with Crippen LogP contribution in [0.5, 0.6) is 0 Å². The summed E-state index contributed by atoms with van der Waals surface area (Å²) in [5, 5.41) is 5.27. The minimum atomic E-state index is -4.64. The van der Waals surface area contributed by atoms with Crippen LogP contribution in [0.15, 0.2) is 15.2 Å². The van der Waals surface area contributed by atoms with E-state index in [0.29, 0.717) is 5.89 Å². The molecule has 1 aliphatic carbocycles. The lowest BCUT2D eigenvalue weighted by atomic mass is 9.85. The number of oxazole rings is 1. The molecule has 1 N–H and O–H groups in total. The Morgan fingerprint density at radius 2 is 2.17 bits per heavy atom. The number of rotatable bonds is 4. The van der Waals surface area contributed by atoms with E-state index in [4.69, 9.17) is 4.42 Å². The zero-order valence-electron chi connectivity index (χ0n) is 12.2. The molecule has 1 saturated carbocycles. The van der Waals surface area contributed by atoms with Crippen LogP contribution in [0.3, 0.4) is 0 Å². The molecular weight excluding hydrogens is 315 g/mol. The maximum atomic E-state index is 12.8. The molecule has 0 aliphatic heterocycles. The summed E-state index contributed by atoms with van der Waals surface area (Å²) in [6.07, 6.45) is -0.428. The van der Waals surface area contributed by atoms with Crippen LogP contribution in [-0.4, -0.2) is 16.0 Å². The van der Waals surface area contributed by atoms with Gasteiger partial charge in [0.15, 0.2) is 17.3 Å². The molecule has 23 heavy (non-hydrogen) atoms. The molecule has 0 unspecified atom stereocenters. The van der Waals surface area contributed by atoms with E-state index in [2.05, 4.69) is 20.0 Å². The van der Waals surface area contributed by atoms with Crippen molar-refractivity contribution in [2.75, 3.05) is 5.32 Å². The molecule has 0 spiro atoms. The summed E-state index contributed by atoms with van der Waals surface area (Å²) in [6.45, 7) is 1.52. The zero-order valence-corrected chi connectivity index (χ0v) is 12.2. The van der Waals surface area contributed by atoms with E-state index in [9.17, 15) is 18.0 Å². The van der Waals surface area contributed by atoms with Crippen LogP contribution in [0.2, 0.25) is 0 Å². The van der Waals surface area contributed by atoms with Crippen molar-refractivity contribution in [3.63, 3.8) is 0 Å².